The second-order valence-corrected chi connectivity index (χ2v) is 8.25. The van der Waals surface area contributed by atoms with E-state index in [0.717, 1.165) is 16.9 Å². The van der Waals surface area contributed by atoms with Gasteiger partial charge in [-0.3, -0.25) is 15.1 Å². The van der Waals surface area contributed by atoms with Crippen LogP contribution in [0.15, 0.2) is 66.4 Å². The van der Waals surface area contributed by atoms with Crippen LogP contribution in [-0.4, -0.2) is 12.6 Å². The van der Waals surface area contributed by atoms with E-state index in [1.807, 2.05) is 68.4 Å². The van der Waals surface area contributed by atoms with Gasteiger partial charge in [0.25, 0.3) is 0 Å². The zero-order chi connectivity index (χ0) is 20.9. The van der Waals surface area contributed by atoms with Crippen molar-refractivity contribution in [3.63, 3.8) is 0 Å². The zero-order valence-electron chi connectivity index (χ0n) is 17.5. The van der Waals surface area contributed by atoms with E-state index in [1.54, 1.807) is 6.20 Å². The van der Waals surface area contributed by atoms with E-state index >= 15 is 0 Å². The maximum atomic E-state index is 12.6. The molecule has 1 saturated carbocycles. The summed E-state index contributed by atoms with van der Waals surface area (Å²) in [6, 6.07) is 17.2. The van der Waals surface area contributed by atoms with Crippen molar-refractivity contribution in [1.29, 1.82) is 0 Å². The number of carbonyl (C=O) groups is 1. The molecule has 5 nitrogen and oxygen atoms in total. The van der Waals surface area contributed by atoms with Gasteiger partial charge in [-0.25, -0.2) is 0 Å². The van der Waals surface area contributed by atoms with Gasteiger partial charge in [-0.1, -0.05) is 58.0 Å². The van der Waals surface area contributed by atoms with Gasteiger partial charge in [0, 0.05) is 11.6 Å². The molecule has 29 heavy (non-hydrogen) atoms. The largest absolute Gasteiger partial charge is 0.460 e. The number of hydroxylamine groups is 1. The molecule has 0 saturated heterocycles. The topological polar surface area (TPSA) is 56.8 Å². The quantitative estimate of drug-likeness (QED) is 0.357. The highest BCUT2D eigenvalue weighted by atomic mass is 16.6. The van der Waals surface area contributed by atoms with Gasteiger partial charge in [0.15, 0.2) is 0 Å². The lowest BCUT2D eigenvalue weighted by Gasteiger charge is -2.09. The third kappa shape index (κ3) is 5.61. The summed E-state index contributed by atoms with van der Waals surface area (Å²) in [5, 5.41) is 0. The maximum Gasteiger partial charge on any atom is 0.314 e. The van der Waals surface area contributed by atoms with Crippen LogP contribution in [0.2, 0.25) is 0 Å². The predicted molar refractivity (Wildman–Crippen MR) is 112 cm³/mol. The van der Waals surface area contributed by atoms with Crippen molar-refractivity contribution in [1.82, 2.24) is 5.48 Å². The van der Waals surface area contributed by atoms with Gasteiger partial charge in [0.05, 0.1) is 12.5 Å². The minimum Gasteiger partial charge on any atom is -0.460 e. The van der Waals surface area contributed by atoms with Crippen LogP contribution in [0.25, 0.3) is 0 Å². The van der Waals surface area contributed by atoms with Crippen LogP contribution in [0.4, 0.5) is 0 Å². The first-order valence-corrected chi connectivity index (χ1v) is 9.94. The average Bonchev–Trinajstić information content (AvgIpc) is 3.25. The van der Waals surface area contributed by atoms with E-state index in [2.05, 4.69) is 19.3 Å². The number of benzene rings is 2. The first-order chi connectivity index (χ1) is 13.9. The van der Waals surface area contributed by atoms with Gasteiger partial charge in [-0.2, -0.15) is 0 Å². The first kappa shape index (κ1) is 20.9. The second-order valence-electron chi connectivity index (χ2n) is 8.25. The van der Waals surface area contributed by atoms with Crippen LogP contribution < -0.4 is 10.2 Å². The molecule has 0 amide bonds. The van der Waals surface area contributed by atoms with Crippen molar-refractivity contribution in [2.45, 2.75) is 34.3 Å². The van der Waals surface area contributed by atoms with Crippen LogP contribution in [0.5, 0.6) is 11.5 Å². The van der Waals surface area contributed by atoms with Gasteiger partial charge in [-0.05, 0) is 41.3 Å². The highest BCUT2D eigenvalue weighted by molar-refractivity contribution is 5.83. The molecule has 0 unspecified atom stereocenters. The molecule has 0 spiro atoms. The molecule has 154 valence electrons. The van der Waals surface area contributed by atoms with E-state index in [4.69, 9.17) is 14.3 Å². The Labute approximate surface area is 172 Å². The molecule has 0 aliphatic heterocycles. The van der Waals surface area contributed by atoms with E-state index in [1.165, 1.54) is 0 Å². The molecular formula is C24H29NO4. The Bertz CT molecular complexity index is 858. The van der Waals surface area contributed by atoms with E-state index in [0.29, 0.717) is 18.3 Å². The fraction of sp³-hybridized carbons (Fsp3) is 0.375. The highest BCUT2D eigenvalue weighted by Gasteiger charge is 2.58. The zero-order valence-corrected chi connectivity index (χ0v) is 17.5. The summed E-state index contributed by atoms with van der Waals surface area (Å²) in [5.41, 5.74) is 4.49. The standard InChI is InChI=1S/C24H29NO4/c1-17(2)15-28-25-14-21-22(24(21,3)4)23(26)27-16-18-9-8-12-20(13-18)29-19-10-6-5-7-11-19/h5-14,17,22,25H,15-16H2,1-4H3/t22-/m0/s1. The van der Waals surface area contributed by atoms with Crippen molar-refractivity contribution in [3.05, 3.63) is 71.9 Å². The maximum absolute atomic E-state index is 12.6. The van der Waals surface area contributed by atoms with Gasteiger partial charge in [0.1, 0.15) is 18.1 Å². The van der Waals surface area contributed by atoms with Crippen molar-refractivity contribution in [3.8, 4) is 11.5 Å². The van der Waals surface area contributed by atoms with Gasteiger partial charge >= 0.3 is 5.97 Å². The molecule has 1 atom stereocenters. The molecule has 1 fully saturated rings. The molecule has 1 aliphatic rings. The number of hydrogen-bond acceptors (Lipinski definition) is 5. The molecule has 0 heterocycles. The third-order valence-electron chi connectivity index (χ3n) is 4.90. The molecule has 0 radical (unpaired) electrons. The van der Waals surface area contributed by atoms with Crippen LogP contribution in [0.3, 0.4) is 0 Å². The highest BCUT2D eigenvalue weighted by Crippen LogP contribution is 2.58. The molecule has 3 rings (SSSR count). The fourth-order valence-corrected chi connectivity index (χ4v) is 3.15. The molecular weight excluding hydrogens is 366 g/mol. The van der Waals surface area contributed by atoms with Crippen molar-refractivity contribution in [2.75, 3.05) is 6.61 Å². The van der Waals surface area contributed by atoms with E-state index < -0.39 is 0 Å². The van der Waals surface area contributed by atoms with Crippen LogP contribution in [-0.2, 0) is 21.0 Å². The van der Waals surface area contributed by atoms with Crippen LogP contribution in [0, 0.1) is 17.3 Å². The predicted octanol–water partition coefficient (Wildman–Crippen LogP) is 5.24. The molecule has 2 aromatic carbocycles. The van der Waals surface area contributed by atoms with Crippen LogP contribution in [0.1, 0.15) is 33.3 Å². The second kappa shape index (κ2) is 9.14. The Morgan fingerprint density at radius 2 is 1.83 bits per heavy atom. The van der Waals surface area contributed by atoms with Crippen molar-refractivity contribution in [2.24, 2.45) is 17.3 Å². The van der Waals surface area contributed by atoms with Gasteiger partial charge in [-0.15, -0.1) is 0 Å². The Hall–Kier alpha value is -2.79. The Balaban J connectivity index is 1.53. The Kier molecular flexibility index (Phi) is 6.60. The Morgan fingerprint density at radius 3 is 2.55 bits per heavy atom. The number of esters is 1. The molecule has 0 bridgehead atoms. The fourth-order valence-electron chi connectivity index (χ4n) is 3.15. The molecule has 0 aromatic heterocycles. The molecule has 1 aliphatic carbocycles. The number of carbonyl (C=O) groups excluding carboxylic acids is 1. The van der Waals surface area contributed by atoms with Gasteiger partial charge < -0.3 is 9.47 Å². The lowest BCUT2D eigenvalue weighted by atomic mass is 10.1. The minimum absolute atomic E-state index is 0.210. The number of nitrogens with one attached hydrogen (secondary N) is 1. The van der Waals surface area contributed by atoms with E-state index in [9.17, 15) is 4.79 Å². The first-order valence-electron chi connectivity index (χ1n) is 9.94. The Morgan fingerprint density at radius 1 is 1.10 bits per heavy atom. The number of rotatable bonds is 9. The summed E-state index contributed by atoms with van der Waals surface area (Å²) in [6.45, 7) is 9.04. The summed E-state index contributed by atoms with van der Waals surface area (Å²) >= 11 is 0. The SMILES string of the molecule is CC(C)CONC=C1[C@@H](C(=O)OCc2cccc(Oc3ccccc3)c2)C1(C)C. The smallest absolute Gasteiger partial charge is 0.314 e. The lowest BCUT2D eigenvalue weighted by Crippen LogP contribution is -2.12. The number of ether oxygens (including phenoxy) is 2. The molecule has 1 N–H and O–H groups in total. The summed E-state index contributed by atoms with van der Waals surface area (Å²) in [6.07, 6.45) is 1.78. The summed E-state index contributed by atoms with van der Waals surface area (Å²) in [4.78, 5) is 17.9. The summed E-state index contributed by atoms with van der Waals surface area (Å²) in [5.74, 6) is 1.45. The summed E-state index contributed by atoms with van der Waals surface area (Å²) in [7, 11) is 0. The number of hydrogen-bond donors (Lipinski definition) is 1. The minimum atomic E-state index is -0.249. The lowest BCUT2D eigenvalue weighted by molar-refractivity contribution is -0.147. The van der Waals surface area contributed by atoms with Crippen LogP contribution >= 0.6 is 0 Å². The molecule has 5 heteroatoms. The van der Waals surface area contributed by atoms with E-state index in [-0.39, 0.29) is 23.9 Å². The van der Waals surface area contributed by atoms with Crippen molar-refractivity contribution < 1.29 is 19.1 Å². The number of para-hydroxylation sites is 1. The van der Waals surface area contributed by atoms with Gasteiger partial charge in [0.2, 0.25) is 0 Å². The normalized spacial score (nSPS) is 18.5. The average molecular weight is 395 g/mol. The third-order valence-corrected chi connectivity index (χ3v) is 4.90. The monoisotopic (exact) mass is 395 g/mol. The van der Waals surface area contributed by atoms with Crippen molar-refractivity contribution >= 4 is 5.97 Å². The molecule has 2 aromatic rings. The summed E-state index contributed by atoms with van der Waals surface area (Å²) < 4.78 is 11.4.